The van der Waals surface area contributed by atoms with Gasteiger partial charge in [0.25, 0.3) is 0 Å². The minimum Gasteiger partial charge on any atom is -0.487 e. The molecule has 1 amide bonds. The molecule has 2 aromatic rings. The Morgan fingerprint density at radius 2 is 1.87 bits per heavy atom. The van der Waals surface area contributed by atoms with Gasteiger partial charge in [-0.1, -0.05) is 18.2 Å². The van der Waals surface area contributed by atoms with E-state index in [1.54, 1.807) is 0 Å². The summed E-state index contributed by atoms with van der Waals surface area (Å²) in [7, 11) is -3.55. The number of nitrogens with zero attached hydrogens (tertiary/aromatic N) is 1. The third-order valence-corrected chi connectivity index (χ3v) is 6.19. The lowest BCUT2D eigenvalue weighted by Crippen LogP contribution is -2.41. The number of carbonyl (C=O) groups is 1. The van der Waals surface area contributed by atoms with E-state index in [1.807, 2.05) is 38.1 Å². The van der Waals surface area contributed by atoms with E-state index < -0.39 is 21.4 Å². The molecule has 1 heterocycles. The molecule has 1 aliphatic rings. The molecule has 0 aliphatic carbocycles. The van der Waals surface area contributed by atoms with Crippen LogP contribution in [0.15, 0.2) is 48.5 Å². The summed E-state index contributed by atoms with van der Waals surface area (Å²) in [6, 6.07) is 12.7. The molecule has 0 saturated carbocycles. The molecule has 162 valence electrons. The van der Waals surface area contributed by atoms with E-state index in [1.165, 1.54) is 28.6 Å². The van der Waals surface area contributed by atoms with E-state index in [9.17, 15) is 17.6 Å². The fourth-order valence-electron chi connectivity index (χ4n) is 3.67. The van der Waals surface area contributed by atoms with E-state index >= 15 is 0 Å². The number of carbonyl (C=O) groups excluding carboxylic acids is 1. The van der Waals surface area contributed by atoms with Crippen molar-refractivity contribution in [1.29, 1.82) is 0 Å². The molecule has 3 rings (SSSR count). The first-order valence-corrected chi connectivity index (χ1v) is 11.7. The van der Waals surface area contributed by atoms with Gasteiger partial charge in [0.1, 0.15) is 17.2 Å². The third kappa shape index (κ3) is 5.50. The van der Waals surface area contributed by atoms with E-state index in [-0.39, 0.29) is 24.9 Å². The van der Waals surface area contributed by atoms with Crippen LogP contribution in [0.2, 0.25) is 0 Å². The van der Waals surface area contributed by atoms with Crippen LogP contribution in [0, 0.1) is 5.82 Å². The van der Waals surface area contributed by atoms with Crippen LogP contribution in [0.1, 0.15) is 44.7 Å². The van der Waals surface area contributed by atoms with Gasteiger partial charge in [0.2, 0.25) is 15.9 Å². The molecule has 1 atom stereocenters. The molecule has 1 aliphatic heterocycles. The van der Waals surface area contributed by atoms with Crippen LogP contribution in [0.3, 0.4) is 0 Å². The van der Waals surface area contributed by atoms with Gasteiger partial charge in [0, 0.05) is 24.9 Å². The molecular formula is C22H27FN2O4S. The number of hydrogen-bond acceptors (Lipinski definition) is 4. The maximum Gasteiger partial charge on any atom is 0.232 e. The average molecular weight is 435 g/mol. The lowest BCUT2D eigenvalue weighted by atomic mass is 9.89. The molecule has 30 heavy (non-hydrogen) atoms. The Morgan fingerprint density at radius 3 is 2.53 bits per heavy atom. The van der Waals surface area contributed by atoms with Gasteiger partial charge in [-0.05, 0) is 50.6 Å². The van der Waals surface area contributed by atoms with Gasteiger partial charge in [-0.3, -0.25) is 9.10 Å². The van der Waals surface area contributed by atoms with Crippen LogP contribution in [0.5, 0.6) is 5.75 Å². The van der Waals surface area contributed by atoms with Crippen LogP contribution >= 0.6 is 0 Å². The molecule has 0 aromatic heterocycles. The summed E-state index contributed by atoms with van der Waals surface area (Å²) >= 11 is 0. The number of sulfonamides is 1. The smallest absolute Gasteiger partial charge is 0.232 e. The molecule has 2 aromatic carbocycles. The number of para-hydroxylation sites is 1. The summed E-state index contributed by atoms with van der Waals surface area (Å²) in [6.07, 6.45) is 2.25. The van der Waals surface area contributed by atoms with Gasteiger partial charge >= 0.3 is 0 Å². The van der Waals surface area contributed by atoms with Crippen molar-refractivity contribution in [1.82, 2.24) is 5.32 Å². The Labute approximate surface area is 177 Å². The monoisotopic (exact) mass is 434 g/mol. The SMILES string of the molecule is CC1(C)C[C@H](NC(=O)CCCN(c2ccc(F)cc2)S(C)(=O)=O)c2ccccc2O1. The highest BCUT2D eigenvalue weighted by molar-refractivity contribution is 7.92. The number of hydrogen-bond donors (Lipinski definition) is 1. The summed E-state index contributed by atoms with van der Waals surface area (Å²) in [5, 5.41) is 3.05. The van der Waals surface area contributed by atoms with Gasteiger partial charge in [0.05, 0.1) is 18.0 Å². The summed E-state index contributed by atoms with van der Waals surface area (Å²) in [4.78, 5) is 12.6. The molecule has 0 saturated heterocycles. The van der Waals surface area contributed by atoms with Crippen molar-refractivity contribution in [2.75, 3.05) is 17.1 Å². The Balaban J connectivity index is 1.62. The fourth-order valence-corrected chi connectivity index (χ4v) is 4.64. The zero-order valence-electron chi connectivity index (χ0n) is 17.4. The van der Waals surface area contributed by atoms with Gasteiger partial charge in [-0.15, -0.1) is 0 Å². The van der Waals surface area contributed by atoms with Crippen LogP contribution in [0.4, 0.5) is 10.1 Å². The molecule has 1 N–H and O–H groups in total. The van der Waals surface area contributed by atoms with Crippen molar-refractivity contribution in [3.63, 3.8) is 0 Å². The predicted molar refractivity (Wildman–Crippen MR) is 114 cm³/mol. The summed E-state index contributed by atoms with van der Waals surface area (Å²) in [5.41, 5.74) is 0.913. The van der Waals surface area contributed by atoms with Crippen molar-refractivity contribution in [2.45, 2.75) is 44.8 Å². The lowest BCUT2D eigenvalue weighted by Gasteiger charge is -2.37. The molecule has 0 unspecified atom stereocenters. The van der Waals surface area contributed by atoms with Crippen LogP contribution in [0.25, 0.3) is 0 Å². The number of benzene rings is 2. The topological polar surface area (TPSA) is 75.7 Å². The number of ether oxygens (including phenoxy) is 1. The third-order valence-electron chi connectivity index (χ3n) is 4.99. The highest BCUT2D eigenvalue weighted by Gasteiger charge is 2.34. The molecule has 0 radical (unpaired) electrons. The zero-order valence-corrected chi connectivity index (χ0v) is 18.2. The number of rotatable bonds is 7. The van der Waals surface area contributed by atoms with Crippen LogP contribution in [-0.4, -0.2) is 32.7 Å². The van der Waals surface area contributed by atoms with Gasteiger partial charge in [-0.2, -0.15) is 0 Å². The van der Waals surface area contributed by atoms with Crippen molar-refractivity contribution in [3.05, 3.63) is 59.9 Å². The van der Waals surface area contributed by atoms with E-state index in [0.29, 0.717) is 18.5 Å². The van der Waals surface area contributed by atoms with Crippen LogP contribution in [-0.2, 0) is 14.8 Å². The second-order valence-corrected chi connectivity index (χ2v) is 10.0. The molecule has 0 spiro atoms. The number of amides is 1. The van der Waals surface area contributed by atoms with Gasteiger partial charge < -0.3 is 10.1 Å². The summed E-state index contributed by atoms with van der Waals surface area (Å²) in [6.45, 7) is 4.09. The van der Waals surface area contributed by atoms with Crippen molar-refractivity contribution < 1.29 is 22.3 Å². The standard InChI is InChI=1S/C22H27FN2O4S/c1-22(2)15-19(18-7-4-5-8-20(18)29-22)24-21(26)9-6-14-25(30(3,27)28)17-12-10-16(23)11-13-17/h4-5,7-8,10-13,19H,6,9,14-15H2,1-3H3,(H,24,26)/t19-/m0/s1. The summed E-state index contributed by atoms with van der Waals surface area (Å²) < 4.78 is 44.6. The first-order chi connectivity index (χ1) is 14.0. The first kappa shape index (κ1) is 22.1. The Hall–Kier alpha value is -2.61. The molecule has 0 fully saturated rings. The van der Waals surface area contributed by atoms with E-state index in [2.05, 4.69) is 5.32 Å². The Kier molecular flexibility index (Phi) is 6.36. The largest absolute Gasteiger partial charge is 0.487 e. The minimum absolute atomic E-state index is 0.133. The van der Waals surface area contributed by atoms with Gasteiger partial charge in [0.15, 0.2) is 0 Å². The normalized spacial score (nSPS) is 17.5. The molecular weight excluding hydrogens is 407 g/mol. The molecule has 8 heteroatoms. The quantitative estimate of drug-likeness (QED) is 0.719. The number of anilines is 1. The van der Waals surface area contributed by atoms with Crippen molar-refractivity contribution in [3.8, 4) is 5.75 Å². The highest BCUT2D eigenvalue weighted by atomic mass is 32.2. The number of fused-ring (bicyclic) bond motifs is 1. The first-order valence-electron chi connectivity index (χ1n) is 9.86. The summed E-state index contributed by atoms with van der Waals surface area (Å²) in [5.74, 6) is 0.171. The number of halogens is 1. The van der Waals surface area contributed by atoms with Crippen molar-refractivity contribution >= 4 is 21.6 Å². The fraction of sp³-hybridized carbons (Fsp3) is 0.409. The Bertz CT molecular complexity index is 1010. The highest BCUT2D eigenvalue weighted by Crippen LogP contribution is 2.39. The zero-order chi connectivity index (χ0) is 21.9. The Morgan fingerprint density at radius 1 is 1.20 bits per heavy atom. The molecule has 6 nitrogen and oxygen atoms in total. The van der Waals surface area contributed by atoms with Gasteiger partial charge in [-0.25, -0.2) is 12.8 Å². The van der Waals surface area contributed by atoms with E-state index in [0.717, 1.165) is 17.6 Å². The maximum atomic E-state index is 13.2. The average Bonchev–Trinajstić information content (AvgIpc) is 2.64. The lowest BCUT2D eigenvalue weighted by molar-refractivity contribution is -0.122. The second kappa shape index (κ2) is 8.63. The maximum absolute atomic E-state index is 13.2. The van der Waals surface area contributed by atoms with E-state index in [4.69, 9.17) is 4.74 Å². The second-order valence-electron chi connectivity index (χ2n) is 8.14. The number of nitrogens with one attached hydrogen (secondary N) is 1. The predicted octanol–water partition coefficient (Wildman–Crippen LogP) is 3.79. The van der Waals surface area contributed by atoms with Crippen LogP contribution < -0.4 is 14.4 Å². The molecule has 0 bridgehead atoms. The van der Waals surface area contributed by atoms with Crippen molar-refractivity contribution in [2.24, 2.45) is 0 Å². The minimum atomic E-state index is -3.55.